The SMILES string of the molecule is COc1cc2c(cc1CN[C@H]1CCCN[C@H]1c1ccccc1)C(C)C(=O)CO2.Cl.Cl. The summed E-state index contributed by atoms with van der Waals surface area (Å²) in [6, 6.07) is 15.2. The second kappa shape index (κ2) is 11.0. The minimum Gasteiger partial charge on any atom is -0.496 e. The molecular formula is C23H30Cl2N2O3. The number of carbonyl (C=O) groups is 1. The molecule has 2 aliphatic heterocycles. The van der Waals surface area contributed by atoms with E-state index >= 15 is 0 Å². The van der Waals surface area contributed by atoms with Gasteiger partial charge in [0.2, 0.25) is 0 Å². The van der Waals surface area contributed by atoms with Gasteiger partial charge >= 0.3 is 0 Å². The molecule has 4 rings (SSSR count). The molecule has 0 aromatic heterocycles. The van der Waals surface area contributed by atoms with Gasteiger partial charge in [-0.2, -0.15) is 0 Å². The summed E-state index contributed by atoms with van der Waals surface area (Å²) in [4.78, 5) is 12.0. The Morgan fingerprint density at radius 2 is 1.97 bits per heavy atom. The first-order chi connectivity index (χ1) is 13.7. The van der Waals surface area contributed by atoms with Crippen LogP contribution in [0.2, 0.25) is 0 Å². The zero-order chi connectivity index (χ0) is 19.5. The van der Waals surface area contributed by atoms with Crippen molar-refractivity contribution in [3.05, 3.63) is 59.2 Å². The standard InChI is InChI=1S/C23H28N2O3.2ClH/c1-15-18-11-17(21(27-2)12-22(18)28-14-20(15)26)13-25-19-9-6-10-24-23(19)16-7-4-3-5-8-16;;/h3-5,7-8,11-12,15,19,23-25H,6,9-10,13-14H2,1-2H3;2*1H/t15?,19-,23-;;/m0../s1. The number of nitrogens with one attached hydrogen (secondary N) is 2. The summed E-state index contributed by atoms with van der Waals surface area (Å²) in [6.45, 7) is 3.81. The van der Waals surface area contributed by atoms with Gasteiger partial charge in [-0.3, -0.25) is 4.79 Å². The van der Waals surface area contributed by atoms with Crippen molar-refractivity contribution in [1.29, 1.82) is 0 Å². The first kappa shape index (κ1) is 24.5. The predicted octanol–water partition coefficient (Wildman–Crippen LogP) is 4.19. The highest BCUT2D eigenvalue weighted by molar-refractivity contribution is 5.89. The van der Waals surface area contributed by atoms with Gasteiger partial charge in [0.15, 0.2) is 5.78 Å². The van der Waals surface area contributed by atoms with Crippen LogP contribution in [0.25, 0.3) is 0 Å². The van der Waals surface area contributed by atoms with Crippen LogP contribution in [0.15, 0.2) is 42.5 Å². The molecule has 2 aromatic carbocycles. The molecule has 1 fully saturated rings. The molecule has 1 unspecified atom stereocenters. The van der Waals surface area contributed by atoms with E-state index in [-0.39, 0.29) is 43.1 Å². The third kappa shape index (κ3) is 5.09. The first-order valence-electron chi connectivity index (χ1n) is 10.1. The Labute approximate surface area is 190 Å². The number of hydrogen-bond acceptors (Lipinski definition) is 5. The molecule has 0 bridgehead atoms. The van der Waals surface area contributed by atoms with Gasteiger partial charge in [-0.15, -0.1) is 24.8 Å². The quantitative estimate of drug-likeness (QED) is 0.711. The molecule has 3 atom stereocenters. The number of methoxy groups -OCH3 is 1. The number of piperidine rings is 1. The van der Waals surface area contributed by atoms with Crippen LogP contribution in [-0.2, 0) is 11.3 Å². The molecule has 1 saturated heterocycles. The molecule has 2 aromatic rings. The van der Waals surface area contributed by atoms with E-state index in [1.165, 1.54) is 5.56 Å². The van der Waals surface area contributed by atoms with Crippen molar-refractivity contribution in [2.75, 3.05) is 20.3 Å². The number of halogens is 2. The molecule has 0 amide bonds. The van der Waals surface area contributed by atoms with E-state index < -0.39 is 0 Å². The zero-order valence-corrected chi connectivity index (χ0v) is 19.0. The second-order valence-electron chi connectivity index (χ2n) is 7.65. The molecule has 2 N–H and O–H groups in total. The van der Waals surface area contributed by atoms with E-state index in [0.717, 1.165) is 42.0 Å². The number of hydrogen-bond donors (Lipinski definition) is 2. The van der Waals surface area contributed by atoms with Crippen molar-refractivity contribution in [2.24, 2.45) is 0 Å². The van der Waals surface area contributed by atoms with E-state index in [4.69, 9.17) is 9.47 Å². The second-order valence-corrected chi connectivity index (χ2v) is 7.65. The average molecular weight is 453 g/mol. The van der Waals surface area contributed by atoms with E-state index in [1.54, 1.807) is 7.11 Å². The van der Waals surface area contributed by atoms with Gasteiger partial charge in [-0.1, -0.05) is 37.3 Å². The van der Waals surface area contributed by atoms with E-state index in [2.05, 4.69) is 47.0 Å². The van der Waals surface area contributed by atoms with Crippen LogP contribution in [-0.4, -0.2) is 32.1 Å². The highest BCUT2D eigenvalue weighted by atomic mass is 35.5. The van der Waals surface area contributed by atoms with Gasteiger partial charge in [0.25, 0.3) is 0 Å². The summed E-state index contributed by atoms with van der Waals surface area (Å²) in [5.41, 5.74) is 3.32. The van der Waals surface area contributed by atoms with Gasteiger partial charge in [0, 0.05) is 41.7 Å². The van der Waals surface area contributed by atoms with Crippen molar-refractivity contribution in [3.8, 4) is 11.5 Å². The zero-order valence-electron chi connectivity index (χ0n) is 17.4. The first-order valence-corrected chi connectivity index (χ1v) is 10.1. The molecule has 0 spiro atoms. The number of carbonyl (C=O) groups excluding carboxylic acids is 1. The summed E-state index contributed by atoms with van der Waals surface area (Å²) in [5.74, 6) is 1.54. The number of ketones is 1. The Balaban J connectivity index is 0.00000160. The van der Waals surface area contributed by atoms with Gasteiger partial charge in [-0.25, -0.2) is 0 Å². The fourth-order valence-corrected chi connectivity index (χ4v) is 4.22. The molecular weight excluding hydrogens is 423 g/mol. The summed E-state index contributed by atoms with van der Waals surface area (Å²) in [5, 5.41) is 7.38. The summed E-state index contributed by atoms with van der Waals surface area (Å²) < 4.78 is 11.2. The van der Waals surface area contributed by atoms with Crippen molar-refractivity contribution >= 4 is 30.6 Å². The third-order valence-corrected chi connectivity index (χ3v) is 5.90. The number of rotatable bonds is 5. The predicted molar refractivity (Wildman–Crippen MR) is 123 cm³/mol. The van der Waals surface area contributed by atoms with Gasteiger partial charge < -0.3 is 20.1 Å². The molecule has 5 nitrogen and oxygen atoms in total. The summed E-state index contributed by atoms with van der Waals surface area (Å²) in [6.07, 6.45) is 2.28. The Hall–Kier alpha value is -1.79. The topological polar surface area (TPSA) is 59.6 Å². The van der Waals surface area contributed by atoms with Crippen LogP contribution in [0.4, 0.5) is 0 Å². The van der Waals surface area contributed by atoms with Crippen LogP contribution in [0.3, 0.4) is 0 Å². The molecule has 2 heterocycles. The van der Waals surface area contributed by atoms with Crippen molar-refractivity contribution < 1.29 is 14.3 Å². The normalized spacial score (nSPS) is 22.7. The Kier molecular flexibility index (Phi) is 8.98. The minimum atomic E-state index is -0.137. The lowest BCUT2D eigenvalue weighted by Gasteiger charge is -2.34. The van der Waals surface area contributed by atoms with E-state index in [9.17, 15) is 4.79 Å². The molecule has 164 valence electrons. The van der Waals surface area contributed by atoms with Crippen molar-refractivity contribution in [1.82, 2.24) is 10.6 Å². The molecule has 0 saturated carbocycles. The lowest BCUT2D eigenvalue weighted by atomic mass is 9.91. The van der Waals surface area contributed by atoms with Crippen LogP contribution in [0.1, 0.15) is 48.4 Å². The lowest BCUT2D eigenvalue weighted by Crippen LogP contribution is -2.45. The molecule has 30 heavy (non-hydrogen) atoms. The smallest absolute Gasteiger partial charge is 0.177 e. The summed E-state index contributed by atoms with van der Waals surface area (Å²) in [7, 11) is 1.68. The largest absolute Gasteiger partial charge is 0.496 e. The van der Waals surface area contributed by atoms with Gasteiger partial charge in [0.05, 0.1) is 7.11 Å². The maximum atomic E-state index is 12.0. The minimum absolute atomic E-state index is 0. The maximum Gasteiger partial charge on any atom is 0.177 e. The Bertz CT molecular complexity index is 848. The number of fused-ring (bicyclic) bond motifs is 1. The van der Waals surface area contributed by atoms with E-state index in [0.29, 0.717) is 18.6 Å². The fraction of sp³-hybridized carbons (Fsp3) is 0.435. The number of ether oxygens (including phenoxy) is 2. The van der Waals surface area contributed by atoms with Gasteiger partial charge in [0.1, 0.15) is 18.1 Å². The fourth-order valence-electron chi connectivity index (χ4n) is 4.22. The van der Waals surface area contributed by atoms with E-state index in [1.807, 2.05) is 13.0 Å². The lowest BCUT2D eigenvalue weighted by molar-refractivity contribution is -0.123. The van der Waals surface area contributed by atoms with Crippen LogP contribution in [0.5, 0.6) is 11.5 Å². The van der Waals surface area contributed by atoms with Crippen molar-refractivity contribution in [3.63, 3.8) is 0 Å². The highest BCUT2D eigenvalue weighted by Gasteiger charge is 2.28. The van der Waals surface area contributed by atoms with Crippen LogP contribution >= 0.6 is 24.8 Å². The third-order valence-electron chi connectivity index (χ3n) is 5.90. The molecule has 0 radical (unpaired) electrons. The number of Topliss-reactive ketones (excluding diaryl/α,β-unsaturated/α-hetero) is 1. The molecule has 0 aliphatic carbocycles. The molecule has 7 heteroatoms. The molecule has 2 aliphatic rings. The van der Waals surface area contributed by atoms with Crippen LogP contribution < -0.4 is 20.1 Å². The van der Waals surface area contributed by atoms with Crippen molar-refractivity contribution in [2.45, 2.75) is 44.3 Å². The van der Waals surface area contributed by atoms with Gasteiger partial charge in [-0.05, 0) is 31.0 Å². The maximum absolute atomic E-state index is 12.0. The van der Waals surface area contributed by atoms with Crippen LogP contribution in [0, 0.1) is 0 Å². The number of benzene rings is 2. The Morgan fingerprint density at radius 3 is 2.70 bits per heavy atom. The summed E-state index contributed by atoms with van der Waals surface area (Å²) >= 11 is 0. The average Bonchev–Trinajstić information content (AvgIpc) is 2.75. The highest BCUT2D eigenvalue weighted by Crippen LogP contribution is 2.37. The Morgan fingerprint density at radius 1 is 1.20 bits per heavy atom. The monoisotopic (exact) mass is 452 g/mol.